The summed E-state index contributed by atoms with van der Waals surface area (Å²) in [7, 11) is 0. The maximum Gasteiger partial charge on any atom is 0.254 e. The van der Waals surface area contributed by atoms with Gasteiger partial charge in [0.2, 0.25) is 5.56 Å². The zero-order valence-electron chi connectivity index (χ0n) is 12.1. The van der Waals surface area contributed by atoms with Crippen LogP contribution in [0.4, 0.5) is 0 Å². The van der Waals surface area contributed by atoms with Crippen molar-refractivity contribution in [3.8, 4) is 0 Å². The summed E-state index contributed by atoms with van der Waals surface area (Å²) in [6.45, 7) is 6.93. The third kappa shape index (κ3) is 5.54. The summed E-state index contributed by atoms with van der Waals surface area (Å²) in [4.78, 5) is 27.7. The Bertz CT molecular complexity index is 448. The van der Waals surface area contributed by atoms with Crippen molar-refractivity contribution in [1.29, 1.82) is 0 Å². The number of hydrogen-bond acceptors (Lipinski definition) is 4. The predicted octanol–water partition coefficient (Wildman–Crippen LogP) is 0.890. The lowest BCUT2D eigenvalue weighted by atomic mass is 10.2. The molecule has 0 unspecified atom stereocenters. The van der Waals surface area contributed by atoms with E-state index in [0.29, 0.717) is 45.1 Å². The number of carbonyl (C=O) groups excluding carboxylic acids is 1. The molecule has 0 bridgehead atoms. The molecule has 0 saturated carbocycles. The van der Waals surface area contributed by atoms with E-state index in [1.807, 2.05) is 13.8 Å². The molecule has 1 aromatic rings. The quantitative estimate of drug-likeness (QED) is 0.683. The Morgan fingerprint density at radius 1 is 1.20 bits per heavy atom. The van der Waals surface area contributed by atoms with E-state index >= 15 is 0 Å². The van der Waals surface area contributed by atoms with Crippen LogP contribution in [0.5, 0.6) is 0 Å². The lowest BCUT2D eigenvalue weighted by Gasteiger charge is -2.22. The number of carbonyl (C=O) groups is 1. The molecule has 0 radical (unpaired) electrons. The average Bonchev–Trinajstić information content (AvgIpc) is 2.45. The number of aromatic amines is 1. The van der Waals surface area contributed by atoms with Gasteiger partial charge in [-0.2, -0.15) is 0 Å². The summed E-state index contributed by atoms with van der Waals surface area (Å²) in [5.74, 6) is -0.185. The van der Waals surface area contributed by atoms with Gasteiger partial charge < -0.3 is 19.4 Å². The minimum absolute atomic E-state index is 0.185. The van der Waals surface area contributed by atoms with E-state index in [1.165, 1.54) is 12.3 Å². The van der Waals surface area contributed by atoms with Gasteiger partial charge >= 0.3 is 0 Å². The van der Waals surface area contributed by atoms with Crippen LogP contribution in [-0.2, 0) is 9.47 Å². The molecular formula is C14H22N2O4. The maximum absolute atomic E-state index is 12.3. The molecule has 0 aromatic carbocycles. The van der Waals surface area contributed by atoms with Crippen molar-refractivity contribution >= 4 is 5.91 Å². The van der Waals surface area contributed by atoms with Crippen molar-refractivity contribution in [2.24, 2.45) is 0 Å². The van der Waals surface area contributed by atoms with Crippen LogP contribution in [-0.4, -0.2) is 55.3 Å². The van der Waals surface area contributed by atoms with E-state index in [1.54, 1.807) is 11.0 Å². The standard InChI is InChI=1S/C14H22N2O4/c1-3-19-9-7-16(8-10-20-4-2)14(18)12-5-6-15-13(17)11-12/h5-6,11H,3-4,7-10H2,1-2H3,(H,15,17). The maximum atomic E-state index is 12.3. The van der Waals surface area contributed by atoms with Gasteiger partial charge in [-0.25, -0.2) is 0 Å². The fourth-order valence-electron chi connectivity index (χ4n) is 1.71. The molecule has 1 heterocycles. The Labute approximate surface area is 118 Å². The van der Waals surface area contributed by atoms with Gasteiger partial charge in [-0.05, 0) is 19.9 Å². The van der Waals surface area contributed by atoms with Gasteiger partial charge in [0.05, 0.1) is 13.2 Å². The van der Waals surface area contributed by atoms with Crippen molar-refractivity contribution in [2.75, 3.05) is 39.5 Å². The van der Waals surface area contributed by atoms with E-state index in [2.05, 4.69) is 4.98 Å². The number of rotatable bonds is 9. The van der Waals surface area contributed by atoms with Crippen LogP contribution >= 0.6 is 0 Å². The molecule has 0 saturated heterocycles. The van der Waals surface area contributed by atoms with Crippen LogP contribution in [0, 0.1) is 0 Å². The average molecular weight is 282 g/mol. The van der Waals surface area contributed by atoms with E-state index in [4.69, 9.17) is 9.47 Å². The first-order valence-corrected chi connectivity index (χ1v) is 6.82. The Balaban J connectivity index is 2.69. The highest BCUT2D eigenvalue weighted by molar-refractivity contribution is 5.94. The summed E-state index contributed by atoms with van der Waals surface area (Å²) in [5.41, 5.74) is 0.0900. The van der Waals surface area contributed by atoms with Gasteiger partial charge in [-0.3, -0.25) is 9.59 Å². The van der Waals surface area contributed by atoms with Crippen LogP contribution in [0.2, 0.25) is 0 Å². The van der Waals surface area contributed by atoms with E-state index in [-0.39, 0.29) is 11.5 Å². The number of amides is 1. The van der Waals surface area contributed by atoms with Crippen LogP contribution < -0.4 is 5.56 Å². The Kier molecular flexibility index (Phi) is 7.60. The van der Waals surface area contributed by atoms with Gasteiger partial charge in [-0.15, -0.1) is 0 Å². The number of ether oxygens (including phenoxy) is 2. The largest absolute Gasteiger partial charge is 0.380 e. The molecule has 0 aliphatic carbocycles. The molecule has 0 fully saturated rings. The van der Waals surface area contributed by atoms with Crippen molar-refractivity contribution in [2.45, 2.75) is 13.8 Å². The number of nitrogens with one attached hydrogen (secondary N) is 1. The van der Waals surface area contributed by atoms with Crippen LogP contribution in [0.3, 0.4) is 0 Å². The smallest absolute Gasteiger partial charge is 0.254 e. The summed E-state index contributed by atoms with van der Waals surface area (Å²) in [5, 5.41) is 0. The lowest BCUT2D eigenvalue weighted by Crippen LogP contribution is -2.37. The summed E-state index contributed by atoms with van der Waals surface area (Å²) >= 11 is 0. The van der Waals surface area contributed by atoms with Crippen LogP contribution in [0.15, 0.2) is 23.1 Å². The number of nitrogens with zero attached hydrogens (tertiary/aromatic N) is 1. The molecule has 1 amide bonds. The SMILES string of the molecule is CCOCCN(CCOCC)C(=O)c1cc[nH]c(=O)c1. The third-order valence-electron chi connectivity index (χ3n) is 2.73. The van der Waals surface area contributed by atoms with Crippen LogP contribution in [0.1, 0.15) is 24.2 Å². The molecule has 0 atom stereocenters. The molecule has 0 spiro atoms. The van der Waals surface area contributed by atoms with Gasteiger partial charge in [0.15, 0.2) is 0 Å². The molecular weight excluding hydrogens is 260 g/mol. The first-order valence-electron chi connectivity index (χ1n) is 6.82. The number of H-pyrrole nitrogens is 1. The molecule has 1 N–H and O–H groups in total. The van der Waals surface area contributed by atoms with Crippen LogP contribution in [0.25, 0.3) is 0 Å². The van der Waals surface area contributed by atoms with Gasteiger partial charge in [0.25, 0.3) is 5.91 Å². The molecule has 0 aliphatic rings. The minimum atomic E-state index is -0.287. The molecule has 6 heteroatoms. The molecule has 0 aliphatic heterocycles. The second-order valence-electron chi connectivity index (χ2n) is 4.13. The number of aromatic nitrogens is 1. The lowest BCUT2D eigenvalue weighted by molar-refractivity contribution is 0.0550. The molecule has 6 nitrogen and oxygen atoms in total. The molecule has 1 aromatic heterocycles. The van der Waals surface area contributed by atoms with E-state index < -0.39 is 0 Å². The fourth-order valence-corrected chi connectivity index (χ4v) is 1.71. The summed E-state index contributed by atoms with van der Waals surface area (Å²) in [6.07, 6.45) is 1.47. The highest BCUT2D eigenvalue weighted by Gasteiger charge is 2.15. The highest BCUT2D eigenvalue weighted by Crippen LogP contribution is 2.02. The van der Waals surface area contributed by atoms with Crippen molar-refractivity contribution in [3.63, 3.8) is 0 Å². The summed E-state index contributed by atoms with van der Waals surface area (Å²) < 4.78 is 10.6. The monoisotopic (exact) mass is 282 g/mol. The first kappa shape index (κ1) is 16.4. The fraction of sp³-hybridized carbons (Fsp3) is 0.571. The van der Waals surface area contributed by atoms with Gasteiger partial charge in [-0.1, -0.05) is 0 Å². The van der Waals surface area contributed by atoms with Gasteiger partial charge in [0.1, 0.15) is 0 Å². The zero-order valence-corrected chi connectivity index (χ0v) is 12.1. The predicted molar refractivity (Wildman–Crippen MR) is 76.0 cm³/mol. The highest BCUT2D eigenvalue weighted by atomic mass is 16.5. The van der Waals surface area contributed by atoms with E-state index in [0.717, 1.165) is 0 Å². The van der Waals surface area contributed by atoms with Crippen molar-refractivity contribution < 1.29 is 14.3 Å². The molecule has 112 valence electrons. The summed E-state index contributed by atoms with van der Waals surface area (Å²) in [6, 6.07) is 2.90. The third-order valence-corrected chi connectivity index (χ3v) is 2.73. The Morgan fingerprint density at radius 2 is 1.80 bits per heavy atom. The van der Waals surface area contributed by atoms with Gasteiger partial charge in [0, 0.05) is 44.1 Å². The van der Waals surface area contributed by atoms with Crippen molar-refractivity contribution in [1.82, 2.24) is 9.88 Å². The second kappa shape index (κ2) is 9.28. The Morgan fingerprint density at radius 3 is 2.30 bits per heavy atom. The Hall–Kier alpha value is -1.66. The number of hydrogen-bond donors (Lipinski definition) is 1. The molecule has 1 rings (SSSR count). The number of pyridine rings is 1. The second-order valence-corrected chi connectivity index (χ2v) is 4.13. The first-order chi connectivity index (χ1) is 9.69. The van der Waals surface area contributed by atoms with E-state index in [9.17, 15) is 9.59 Å². The topological polar surface area (TPSA) is 71.6 Å². The van der Waals surface area contributed by atoms with Crippen molar-refractivity contribution in [3.05, 3.63) is 34.2 Å². The normalized spacial score (nSPS) is 10.5. The minimum Gasteiger partial charge on any atom is -0.380 e. The zero-order chi connectivity index (χ0) is 14.8. The molecule has 20 heavy (non-hydrogen) atoms.